The van der Waals surface area contributed by atoms with Crippen LogP contribution in [0.1, 0.15) is 19.4 Å². The Morgan fingerprint density at radius 1 is 1.53 bits per heavy atom. The molecule has 1 rings (SSSR count). The molecule has 0 saturated carbocycles. The van der Waals surface area contributed by atoms with Gasteiger partial charge in [-0.25, -0.2) is 4.98 Å². The van der Waals surface area contributed by atoms with Gasteiger partial charge in [-0.15, -0.1) is 0 Å². The number of aromatic nitrogens is 1. The first-order valence-electron chi connectivity index (χ1n) is 5.15. The molecule has 0 saturated heterocycles. The number of hydrogen-bond acceptors (Lipinski definition) is 3. The summed E-state index contributed by atoms with van der Waals surface area (Å²) in [6.07, 6.45) is 1.83. The van der Waals surface area contributed by atoms with Crippen LogP contribution in [0.4, 0.5) is 5.82 Å². The first-order valence-corrected chi connectivity index (χ1v) is 5.95. The summed E-state index contributed by atoms with van der Waals surface area (Å²) in [6, 6.07) is 2.40. The predicted octanol–water partition coefficient (Wildman–Crippen LogP) is 2.33. The van der Waals surface area contributed by atoms with Crippen molar-refractivity contribution in [2.45, 2.75) is 26.8 Å². The van der Waals surface area contributed by atoms with E-state index in [1.165, 1.54) is 5.56 Å². The van der Waals surface area contributed by atoms with Crippen LogP contribution in [0.2, 0.25) is 0 Å². The zero-order valence-electron chi connectivity index (χ0n) is 9.50. The molecule has 0 radical (unpaired) electrons. The second-order valence-electron chi connectivity index (χ2n) is 3.84. The molecular formula is C11H18BrN3. The molecule has 0 fully saturated rings. The summed E-state index contributed by atoms with van der Waals surface area (Å²) in [5.41, 5.74) is 6.80. The van der Waals surface area contributed by atoms with Crippen LogP contribution in [0.3, 0.4) is 0 Å². The fourth-order valence-corrected chi connectivity index (χ4v) is 1.94. The number of pyridine rings is 1. The third-order valence-electron chi connectivity index (χ3n) is 2.33. The van der Waals surface area contributed by atoms with Gasteiger partial charge < -0.3 is 10.6 Å². The highest BCUT2D eigenvalue weighted by atomic mass is 79.9. The standard InChI is InChI=1S/C11H18BrN3/c1-8(2)15(7-5-13)11-10(12)9(3)4-6-14-11/h4,6,8H,5,7,13H2,1-3H3. The maximum atomic E-state index is 5.61. The lowest BCUT2D eigenvalue weighted by Crippen LogP contribution is -2.36. The van der Waals surface area contributed by atoms with E-state index in [1.54, 1.807) is 0 Å². The fraction of sp³-hybridized carbons (Fsp3) is 0.545. The average molecular weight is 272 g/mol. The molecule has 0 atom stereocenters. The summed E-state index contributed by atoms with van der Waals surface area (Å²) >= 11 is 3.57. The lowest BCUT2D eigenvalue weighted by molar-refractivity contribution is 0.673. The summed E-state index contributed by atoms with van der Waals surface area (Å²) in [7, 11) is 0. The van der Waals surface area contributed by atoms with Gasteiger partial charge in [0, 0.05) is 25.3 Å². The monoisotopic (exact) mass is 271 g/mol. The predicted molar refractivity (Wildman–Crippen MR) is 68.2 cm³/mol. The summed E-state index contributed by atoms with van der Waals surface area (Å²) in [5, 5.41) is 0. The number of nitrogens with zero attached hydrogens (tertiary/aromatic N) is 2. The molecule has 1 heterocycles. The first kappa shape index (κ1) is 12.5. The maximum Gasteiger partial charge on any atom is 0.143 e. The minimum atomic E-state index is 0.402. The molecule has 0 spiro atoms. The molecule has 0 aliphatic carbocycles. The molecule has 15 heavy (non-hydrogen) atoms. The van der Waals surface area contributed by atoms with Gasteiger partial charge in [0.25, 0.3) is 0 Å². The van der Waals surface area contributed by atoms with E-state index >= 15 is 0 Å². The topological polar surface area (TPSA) is 42.2 Å². The number of aryl methyl sites for hydroxylation is 1. The van der Waals surface area contributed by atoms with Crippen molar-refractivity contribution in [2.24, 2.45) is 5.73 Å². The quantitative estimate of drug-likeness (QED) is 0.914. The second kappa shape index (κ2) is 5.47. The van der Waals surface area contributed by atoms with Gasteiger partial charge in [0.15, 0.2) is 0 Å². The summed E-state index contributed by atoms with van der Waals surface area (Å²) < 4.78 is 1.06. The number of anilines is 1. The zero-order chi connectivity index (χ0) is 11.4. The van der Waals surface area contributed by atoms with E-state index in [4.69, 9.17) is 5.73 Å². The summed E-state index contributed by atoms with van der Waals surface area (Å²) in [4.78, 5) is 6.61. The van der Waals surface area contributed by atoms with Gasteiger partial charge in [0.2, 0.25) is 0 Å². The maximum absolute atomic E-state index is 5.61. The normalized spacial score (nSPS) is 10.8. The third kappa shape index (κ3) is 2.92. The minimum Gasteiger partial charge on any atom is -0.352 e. The van der Waals surface area contributed by atoms with Crippen LogP contribution in [0, 0.1) is 6.92 Å². The molecule has 0 aliphatic rings. The van der Waals surface area contributed by atoms with Gasteiger partial charge >= 0.3 is 0 Å². The van der Waals surface area contributed by atoms with E-state index in [1.807, 2.05) is 12.3 Å². The Labute approximate surface area is 99.8 Å². The van der Waals surface area contributed by atoms with Crippen molar-refractivity contribution in [1.29, 1.82) is 0 Å². The van der Waals surface area contributed by atoms with E-state index in [2.05, 4.69) is 46.6 Å². The van der Waals surface area contributed by atoms with Crippen molar-refractivity contribution < 1.29 is 0 Å². The second-order valence-corrected chi connectivity index (χ2v) is 4.63. The molecule has 0 aliphatic heterocycles. The van der Waals surface area contributed by atoms with E-state index < -0.39 is 0 Å². The molecule has 0 aromatic carbocycles. The van der Waals surface area contributed by atoms with Gasteiger partial charge in [-0.2, -0.15) is 0 Å². The number of nitrogens with two attached hydrogens (primary N) is 1. The highest BCUT2D eigenvalue weighted by Gasteiger charge is 2.14. The highest BCUT2D eigenvalue weighted by molar-refractivity contribution is 9.10. The van der Waals surface area contributed by atoms with Crippen molar-refractivity contribution in [2.75, 3.05) is 18.0 Å². The summed E-state index contributed by atoms with van der Waals surface area (Å²) in [5.74, 6) is 0.982. The number of rotatable bonds is 4. The van der Waals surface area contributed by atoms with Crippen molar-refractivity contribution in [1.82, 2.24) is 4.98 Å². The molecule has 1 aromatic heterocycles. The van der Waals surface area contributed by atoms with Gasteiger partial charge in [0.05, 0.1) is 4.47 Å². The molecular weight excluding hydrogens is 254 g/mol. The average Bonchev–Trinajstić information content (AvgIpc) is 2.19. The van der Waals surface area contributed by atoms with Crippen molar-refractivity contribution in [3.63, 3.8) is 0 Å². The first-order chi connectivity index (χ1) is 7.07. The van der Waals surface area contributed by atoms with Crippen LogP contribution < -0.4 is 10.6 Å². The van der Waals surface area contributed by atoms with E-state index in [9.17, 15) is 0 Å². The smallest absolute Gasteiger partial charge is 0.143 e. The van der Waals surface area contributed by atoms with Crippen LogP contribution in [-0.2, 0) is 0 Å². The van der Waals surface area contributed by atoms with Crippen molar-refractivity contribution >= 4 is 21.7 Å². The van der Waals surface area contributed by atoms with Gasteiger partial charge in [0.1, 0.15) is 5.82 Å². The lowest BCUT2D eigenvalue weighted by atomic mass is 10.2. The Hall–Kier alpha value is -0.610. The van der Waals surface area contributed by atoms with Crippen LogP contribution >= 0.6 is 15.9 Å². The van der Waals surface area contributed by atoms with E-state index in [0.717, 1.165) is 16.8 Å². The van der Waals surface area contributed by atoms with Gasteiger partial charge in [-0.05, 0) is 48.3 Å². The fourth-order valence-electron chi connectivity index (χ4n) is 1.47. The van der Waals surface area contributed by atoms with Gasteiger partial charge in [-0.3, -0.25) is 0 Å². The Bertz CT molecular complexity index is 326. The van der Waals surface area contributed by atoms with Crippen LogP contribution in [-0.4, -0.2) is 24.1 Å². The molecule has 4 heteroatoms. The number of halogens is 1. The highest BCUT2D eigenvalue weighted by Crippen LogP contribution is 2.27. The molecule has 2 N–H and O–H groups in total. The van der Waals surface area contributed by atoms with Gasteiger partial charge in [-0.1, -0.05) is 0 Å². The van der Waals surface area contributed by atoms with Crippen LogP contribution in [0.5, 0.6) is 0 Å². The van der Waals surface area contributed by atoms with E-state index in [0.29, 0.717) is 12.6 Å². The Morgan fingerprint density at radius 2 is 2.20 bits per heavy atom. The SMILES string of the molecule is Cc1ccnc(N(CCN)C(C)C)c1Br. The van der Waals surface area contributed by atoms with Crippen LogP contribution in [0.15, 0.2) is 16.7 Å². The van der Waals surface area contributed by atoms with Crippen molar-refractivity contribution in [3.8, 4) is 0 Å². The van der Waals surface area contributed by atoms with Crippen molar-refractivity contribution in [3.05, 3.63) is 22.3 Å². The molecule has 0 amide bonds. The zero-order valence-corrected chi connectivity index (χ0v) is 11.1. The van der Waals surface area contributed by atoms with E-state index in [-0.39, 0.29) is 0 Å². The molecule has 3 nitrogen and oxygen atoms in total. The molecule has 1 aromatic rings. The Kier molecular flexibility index (Phi) is 4.54. The summed E-state index contributed by atoms with van der Waals surface area (Å²) in [6.45, 7) is 7.82. The van der Waals surface area contributed by atoms with Crippen LogP contribution in [0.25, 0.3) is 0 Å². The lowest BCUT2D eigenvalue weighted by Gasteiger charge is -2.28. The third-order valence-corrected chi connectivity index (χ3v) is 3.31. The number of hydrogen-bond donors (Lipinski definition) is 1. The molecule has 84 valence electrons. The molecule has 0 bridgehead atoms. The Balaban J connectivity index is 3.05. The minimum absolute atomic E-state index is 0.402. The molecule has 0 unspecified atom stereocenters. The largest absolute Gasteiger partial charge is 0.352 e. The Morgan fingerprint density at radius 3 is 2.73 bits per heavy atom.